The van der Waals surface area contributed by atoms with E-state index in [-0.39, 0.29) is 17.8 Å². The fourth-order valence-corrected chi connectivity index (χ4v) is 3.42. The van der Waals surface area contributed by atoms with Gasteiger partial charge >= 0.3 is 5.97 Å². The molecule has 22 heavy (non-hydrogen) atoms. The van der Waals surface area contributed by atoms with Crippen molar-refractivity contribution in [3.8, 4) is 0 Å². The van der Waals surface area contributed by atoms with Crippen molar-refractivity contribution >= 4 is 17.6 Å². The standard InChI is InChI=1S/C18H25NO3/c1-4-22-16(20)13-14-9-8-12-18(14,2)17(21)19(3)15-10-6-5-7-11-15/h5-7,10-11,14H,4,8-9,12-13H2,1-3H3/t14-,18+/m0/s1. The van der Waals surface area contributed by atoms with Crippen LogP contribution in [0.2, 0.25) is 0 Å². The summed E-state index contributed by atoms with van der Waals surface area (Å²) in [7, 11) is 1.81. The zero-order valence-corrected chi connectivity index (χ0v) is 13.7. The summed E-state index contributed by atoms with van der Waals surface area (Å²) in [6.45, 7) is 4.19. The van der Waals surface area contributed by atoms with E-state index in [4.69, 9.17) is 4.74 Å². The number of hydrogen-bond donors (Lipinski definition) is 0. The number of esters is 1. The van der Waals surface area contributed by atoms with Gasteiger partial charge in [0.2, 0.25) is 5.91 Å². The van der Waals surface area contributed by atoms with Crippen LogP contribution in [-0.2, 0) is 14.3 Å². The second-order valence-corrected chi connectivity index (χ2v) is 6.22. The predicted octanol–water partition coefficient (Wildman–Crippen LogP) is 3.41. The van der Waals surface area contributed by atoms with Crippen molar-refractivity contribution in [2.45, 2.75) is 39.5 Å². The number of rotatable bonds is 5. The van der Waals surface area contributed by atoms with Crippen LogP contribution in [-0.4, -0.2) is 25.5 Å². The average Bonchev–Trinajstić information content (AvgIpc) is 2.89. The molecule has 120 valence electrons. The van der Waals surface area contributed by atoms with E-state index in [1.807, 2.05) is 44.3 Å². The van der Waals surface area contributed by atoms with Gasteiger partial charge in [0.1, 0.15) is 0 Å². The van der Waals surface area contributed by atoms with E-state index in [2.05, 4.69) is 0 Å². The molecule has 0 radical (unpaired) electrons. The molecule has 4 nitrogen and oxygen atoms in total. The van der Waals surface area contributed by atoms with Crippen LogP contribution in [0, 0.1) is 11.3 Å². The van der Waals surface area contributed by atoms with Gasteiger partial charge in [-0.15, -0.1) is 0 Å². The zero-order valence-electron chi connectivity index (χ0n) is 13.7. The Labute approximate surface area is 132 Å². The van der Waals surface area contributed by atoms with Crippen LogP contribution in [0.1, 0.15) is 39.5 Å². The Morgan fingerprint density at radius 1 is 1.32 bits per heavy atom. The van der Waals surface area contributed by atoms with Crippen molar-refractivity contribution in [1.29, 1.82) is 0 Å². The number of benzene rings is 1. The number of carbonyl (C=O) groups excluding carboxylic acids is 2. The Bertz CT molecular complexity index is 528. The summed E-state index contributed by atoms with van der Waals surface area (Å²) in [4.78, 5) is 26.5. The molecule has 0 unspecified atom stereocenters. The van der Waals surface area contributed by atoms with Crippen molar-refractivity contribution in [2.24, 2.45) is 11.3 Å². The third-order valence-electron chi connectivity index (χ3n) is 4.80. The van der Waals surface area contributed by atoms with Gasteiger partial charge in [-0.25, -0.2) is 0 Å². The van der Waals surface area contributed by atoms with Crippen molar-refractivity contribution in [3.05, 3.63) is 30.3 Å². The van der Waals surface area contributed by atoms with Gasteiger partial charge in [-0.05, 0) is 37.8 Å². The molecule has 1 aliphatic carbocycles. The second kappa shape index (κ2) is 6.95. The lowest BCUT2D eigenvalue weighted by atomic mass is 9.76. The van der Waals surface area contributed by atoms with E-state index in [1.165, 1.54) is 0 Å². The lowest BCUT2D eigenvalue weighted by molar-refractivity contribution is -0.145. The highest BCUT2D eigenvalue weighted by molar-refractivity contribution is 5.97. The molecule has 1 aromatic carbocycles. The summed E-state index contributed by atoms with van der Waals surface area (Å²) >= 11 is 0. The molecule has 1 saturated carbocycles. The van der Waals surface area contributed by atoms with Crippen LogP contribution in [0.3, 0.4) is 0 Å². The Balaban J connectivity index is 2.13. The molecule has 2 rings (SSSR count). The van der Waals surface area contributed by atoms with Gasteiger partial charge < -0.3 is 9.64 Å². The van der Waals surface area contributed by atoms with E-state index in [1.54, 1.807) is 11.8 Å². The molecule has 0 N–H and O–H groups in total. The van der Waals surface area contributed by atoms with Gasteiger partial charge in [-0.3, -0.25) is 9.59 Å². The van der Waals surface area contributed by atoms with Crippen LogP contribution in [0.5, 0.6) is 0 Å². The summed E-state index contributed by atoms with van der Waals surface area (Å²) in [5.74, 6) is -0.0495. The van der Waals surface area contributed by atoms with Gasteiger partial charge in [0.05, 0.1) is 12.0 Å². The number of nitrogens with zero attached hydrogens (tertiary/aromatic N) is 1. The first kappa shape index (κ1) is 16.5. The zero-order chi connectivity index (χ0) is 16.2. The maximum absolute atomic E-state index is 13.0. The third-order valence-corrected chi connectivity index (χ3v) is 4.80. The number of hydrogen-bond acceptors (Lipinski definition) is 3. The van der Waals surface area contributed by atoms with Crippen LogP contribution in [0.15, 0.2) is 30.3 Å². The molecule has 0 aromatic heterocycles. The molecule has 0 heterocycles. The van der Waals surface area contributed by atoms with Crippen LogP contribution >= 0.6 is 0 Å². The Morgan fingerprint density at radius 3 is 2.64 bits per heavy atom. The largest absolute Gasteiger partial charge is 0.466 e. The number of amides is 1. The van der Waals surface area contributed by atoms with E-state index in [0.717, 1.165) is 24.9 Å². The van der Waals surface area contributed by atoms with Gasteiger partial charge in [-0.1, -0.05) is 31.5 Å². The Morgan fingerprint density at radius 2 is 2.00 bits per heavy atom. The average molecular weight is 303 g/mol. The lowest BCUT2D eigenvalue weighted by Crippen LogP contribution is -2.43. The molecular formula is C18H25NO3. The minimum absolute atomic E-state index is 0.0604. The minimum Gasteiger partial charge on any atom is -0.466 e. The first-order chi connectivity index (χ1) is 10.5. The smallest absolute Gasteiger partial charge is 0.306 e. The predicted molar refractivity (Wildman–Crippen MR) is 86.6 cm³/mol. The van der Waals surface area contributed by atoms with Gasteiger partial charge in [0.25, 0.3) is 0 Å². The van der Waals surface area contributed by atoms with Crippen molar-refractivity contribution in [1.82, 2.24) is 0 Å². The van der Waals surface area contributed by atoms with E-state index in [9.17, 15) is 9.59 Å². The lowest BCUT2D eigenvalue weighted by Gasteiger charge is -2.34. The summed E-state index contributed by atoms with van der Waals surface area (Å²) < 4.78 is 5.06. The van der Waals surface area contributed by atoms with Crippen molar-refractivity contribution < 1.29 is 14.3 Å². The second-order valence-electron chi connectivity index (χ2n) is 6.22. The highest BCUT2D eigenvalue weighted by atomic mass is 16.5. The molecule has 4 heteroatoms. The first-order valence-electron chi connectivity index (χ1n) is 7.98. The van der Waals surface area contributed by atoms with Gasteiger partial charge in [-0.2, -0.15) is 0 Å². The molecule has 0 bridgehead atoms. The molecular weight excluding hydrogens is 278 g/mol. The van der Waals surface area contributed by atoms with E-state index < -0.39 is 5.41 Å². The molecule has 1 fully saturated rings. The van der Waals surface area contributed by atoms with Crippen molar-refractivity contribution in [3.63, 3.8) is 0 Å². The number of anilines is 1. The van der Waals surface area contributed by atoms with Gasteiger partial charge in [0, 0.05) is 19.2 Å². The molecule has 2 atom stereocenters. The molecule has 0 spiro atoms. The third kappa shape index (κ3) is 3.32. The van der Waals surface area contributed by atoms with Crippen LogP contribution in [0.4, 0.5) is 5.69 Å². The molecule has 1 amide bonds. The number of ether oxygens (including phenoxy) is 1. The molecule has 1 aliphatic rings. The summed E-state index contributed by atoms with van der Waals surface area (Å²) in [5.41, 5.74) is 0.396. The summed E-state index contributed by atoms with van der Waals surface area (Å²) in [6, 6.07) is 9.63. The highest BCUT2D eigenvalue weighted by Gasteiger charge is 2.47. The summed E-state index contributed by atoms with van der Waals surface area (Å²) in [5, 5.41) is 0. The maximum atomic E-state index is 13.0. The number of para-hydroxylation sites is 1. The fraction of sp³-hybridized carbons (Fsp3) is 0.556. The molecule has 0 aliphatic heterocycles. The van der Waals surface area contributed by atoms with Crippen LogP contribution < -0.4 is 4.90 Å². The SMILES string of the molecule is CCOC(=O)C[C@@H]1CCC[C@@]1(C)C(=O)N(C)c1ccccc1. The Kier molecular flexibility index (Phi) is 5.22. The first-order valence-corrected chi connectivity index (χ1v) is 7.98. The van der Waals surface area contributed by atoms with Gasteiger partial charge in [0.15, 0.2) is 0 Å². The minimum atomic E-state index is -0.489. The quantitative estimate of drug-likeness (QED) is 0.783. The highest BCUT2D eigenvalue weighted by Crippen LogP contribution is 2.46. The number of carbonyl (C=O) groups is 2. The van der Waals surface area contributed by atoms with Crippen LogP contribution in [0.25, 0.3) is 0 Å². The fourth-order valence-electron chi connectivity index (χ4n) is 3.42. The van der Waals surface area contributed by atoms with E-state index in [0.29, 0.717) is 13.0 Å². The monoisotopic (exact) mass is 303 g/mol. The van der Waals surface area contributed by atoms with Crippen molar-refractivity contribution in [2.75, 3.05) is 18.6 Å². The normalized spacial score (nSPS) is 24.0. The summed E-state index contributed by atoms with van der Waals surface area (Å²) in [6.07, 6.45) is 3.05. The Hall–Kier alpha value is -1.84. The maximum Gasteiger partial charge on any atom is 0.306 e. The molecule has 1 aromatic rings. The van der Waals surface area contributed by atoms with E-state index >= 15 is 0 Å². The topological polar surface area (TPSA) is 46.6 Å². The molecule has 0 saturated heterocycles.